The molecule has 294 valence electrons. The van der Waals surface area contributed by atoms with Crippen molar-refractivity contribution in [2.75, 3.05) is 50.3 Å². The molecule has 56 heavy (non-hydrogen) atoms. The molecule has 15 heteroatoms. The second-order valence-corrected chi connectivity index (χ2v) is 14.9. The molecule has 0 atom stereocenters. The first kappa shape index (κ1) is 40.0. The summed E-state index contributed by atoms with van der Waals surface area (Å²) in [5.74, 6) is 5.05. The molecule has 3 N–H and O–H groups in total. The predicted octanol–water partition coefficient (Wildman–Crippen LogP) is 6.11. The fourth-order valence-electron chi connectivity index (χ4n) is 6.79. The number of nitrogens with one attached hydrogen (secondary N) is 1. The lowest BCUT2D eigenvalue weighted by molar-refractivity contribution is -0.138. The topological polar surface area (TPSA) is 139 Å². The van der Waals surface area contributed by atoms with E-state index in [1.807, 2.05) is 16.4 Å². The molecule has 0 aliphatic carbocycles. The number of alkyl halides is 3. The van der Waals surface area contributed by atoms with Crippen LogP contribution in [0.1, 0.15) is 81.9 Å². The first-order valence-electron chi connectivity index (χ1n) is 18.4. The van der Waals surface area contributed by atoms with E-state index >= 15 is 0 Å². The molecule has 0 unspecified atom stereocenters. The summed E-state index contributed by atoms with van der Waals surface area (Å²) in [7, 11) is 1.78. The summed E-state index contributed by atoms with van der Waals surface area (Å²) < 4.78 is 49.9. The Morgan fingerprint density at radius 3 is 2.34 bits per heavy atom. The SMILES string of the molecule is CCN1CCN(Cc2ccc(NC(=O)c3ccc(C)c(C#Cc4cnc(N)nc4-c4cc5c(n4C)CCN(C(=O)OC(C)(C)C)C5=O)c3)cc2C(F)(F)F)CC1. The summed E-state index contributed by atoms with van der Waals surface area (Å²) in [4.78, 5) is 53.6. The Kier molecular flexibility index (Phi) is 11.3. The van der Waals surface area contributed by atoms with Crippen LogP contribution in [0.25, 0.3) is 11.4 Å². The summed E-state index contributed by atoms with van der Waals surface area (Å²) in [6, 6.07) is 10.4. The molecule has 1 saturated heterocycles. The van der Waals surface area contributed by atoms with E-state index in [4.69, 9.17) is 10.5 Å². The van der Waals surface area contributed by atoms with Crippen molar-refractivity contribution in [1.82, 2.24) is 29.2 Å². The van der Waals surface area contributed by atoms with Crippen molar-refractivity contribution < 1.29 is 32.3 Å². The lowest BCUT2D eigenvalue weighted by Gasteiger charge is -2.34. The number of benzene rings is 2. The molecular formula is C41H45F3N8O4. The van der Waals surface area contributed by atoms with E-state index in [1.54, 1.807) is 52.1 Å². The molecule has 2 aromatic carbocycles. The van der Waals surface area contributed by atoms with Gasteiger partial charge in [-0.05, 0) is 75.7 Å². The van der Waals surface area contributed by atoms with Gasteiger partial charge in [-0.15, -0.1) is 0 Å². The summed E-state index contributed by atoms with van der Waals surface area (Å²) in [6.07, 6.45) is -3.47. The first-order valence-corrected chi connectivity index (χ1v) is 18.4. The van der Waals surface area contributed by atoms with Crippen LogP contribution in [0.2, 0.25) is 0 Å². The van der Waals surface area contributed by atoms with Gasteiger partial charge in [0.05, 0.1) is 22.4 Å². The largest absolute Gasteiger partial charge is 0.443 e. The van der Waals surface area contributed by atoms with E-state index in [0.717, 1.165) is 36.2 Å². The van der Waals surface area contributed by atoms with Gasteiger partial charge >= 0.3 is 12.3 Å². The predicted molar refractivity (Wildman–Crippen MR) is 206 cm³/mol. The zero-order valence-corrected chi connectivity index (χ0v) is 32.3. The number of aryl methyl sites for hydroxylation is 1. The molecular weight excluding hydrogens is 725 g/mol. The average Bonchev–Trinajstić information content (AvgIpc) is 3.48. The van der Waals surface area contributed by atoms with Crippen molar-refractivity contribution in [3.63, 3.8) is 0 Å². The highest BCUT2D eigenvalue weighted by atomic mass is 19.4. The van der Waals surface area contributed by atoms with Crippen LogP contribution in [0.3, 0.4) is 0 Å². The van der Waals surface area contributed by atoms with Gasteiger partial charge in [-0.2, -0.15) is 13.2 Å². The van der Waals surface area contributed by atoms with Crippen molar-refractivity contribution in [3.05, 3.63) is 93.3 Å². The van der Waals surface area contributed by atoms with Gasteiger partial charge in [-0.3, -0.25) is 14.5 Å². The molecule has 3 amide bonds. The quantitative estimate of drug-likeness (QED) is 0.222. The van der Waals surface area contributed by atoms with Crippen LogP contribution >= 0.6 is 0 Å². The normalized spacial score (nSPS) is 15.2. The van der Waals surface area contributed by atoms with Crippen LogP contribution in [0, 0.1) is 18.8 Å². The molecule has 12 nitrogen and oxygen atoms in total. The fraction of sp³-hybridized carbons (Fsp3) is 0.390. The maximum atomic E-state index is 14.2. The molecule has 4 aromatic rings. The molecule has 0 radical (unpaired) electrons. The summed E-state index contributed by atoms with van der Waals surface area (Å²) >= 11 is 0. The van der Waals surface area contributed by atoms with E-state index in [1.165, 1.54) is 18.3 Å². The number of nitrogen functional groups attached to an aromatic ring is 1. The number of ether oxygens (including phenoxy) is 1. The van der Waals surface area contributed by atoms with Crippen LogP contribution in [0.5, 0.6) is 0 Å². The van der Waals surface area contributed by atoms with E-state index in [2.05, 4.69) is 38.9 Å². The fourth-order valence-corrected chi connectivity index (χ4v) is 6.79. The van der Waals surface area contributed by atoms with Gasteiger partial charge in [0.1, 0.15) is 11.3 Å². The second-order valence-electron chi connectivity index (χ2n) is 14.9. The molecule has 6 rings (SSSR count). The Labute approximate surface area is 323 Å². The third kappa shape index (κ3) is 8.87. The minimum Gasteiger partial charge on any atom is -0.443 e. The van der Waals surface area contributed by atoms with Gasteiger partial charge in [0.2, 0.25) is 5.95 Å². The number of likely N-dealkylation sites (N-methyl/N-ethyl adjacent to an activating group) is 1. The molecule has 0 saturated carbocycles. The Hall–Kier alpha value is -5.72. The van der Waals surface area contributed by atoms with Crippen molar-refractivity contribution in [1.29, 1.82) is 0 Å². The van der Waals surface area contributed by atoms with E-state index in [9.17, 15) is 27.6 Å². The number of hydrogen-bond donors (Lipinski definition) is 2. The molecule has 2 aliphatic heterocycles. The zero-order valence-electron chi connectivity index (χ0n) is 32.3. The number of carbonyl (C=O) groups is 3. The number of carbonyl (C=O) groups excluding carboxylic acids is 3. The van der Waals surface area contributed by atoms with Gasteiger partial charge in [0.15, 0.2) is 0 Å². The zero-order chi connectivity index (χ0) is 40.5. The Balaban J connectivity index is 1.23. The van der Waals surface area contributed by atoms with E-state index in [0.29, 0.717) is 53.3 Å². The van der Waals surface area contributed by atoms with Crippen LogP contribution in [0.15, 0.2) is 48.7 Å². The van der Waals surface area contributed by atoms with Crippen molar-refractivity contribution in [3.8, 4) is 23.2 Å². The smallest absolute Gasteiger partial charge is 0.417 e. The number of rotatable bonds is 6. The molecule has 2 aliphatic rings. The minimum absolute atomic E-state index is 0.0159. The van der Waals surface area contributed by atoms with E-state index in [-0.39, 0.29) is 35.9 Å². The van der Waals surface area contributed by atoms with Crippen molar-refractivity contribution in [2.24, 2.45) is 7.05 Å². The summed E-state index contributed by atoms with van der Waals surface area (Å²) in [5, 5.41) is 2.62. The summed E-state index contributed by atoms with van der Waals surface area (Å²) in [5.41, 5.74) is 8.36. The van der Waals surface area contributed by atoms with Crippen LogP contribution in [-0.4, -0.2) is 92.0 Å². The standard InChI is InChI=1S/C41H45F3N8O4/c1-7-50-16-18-51(19-17-50)24-29-12-13-30(21-32(29)41(42,43)44)47-36(53)27-9-8-25(2)26(20-27)10-11-28-23-46-38(45)48-35(28)34-22-31-33(49(34)6)14-15-52(37(31)54)39(55)56-40(3,4)5/h8-9,12-13,20-23H,7,14-19,24H2,1-6H3,(H,47,53)(H2,45,46,48). The van der Waals surface area contributed by atoms with Crippen molar-refractivity contribution >= 4 is 29.5 Å². The van der Waals surface area contributed by atoms with Gasteiger partial charge in [0.25, 0.3) is 11.8 Å². The maximum Gasteiger partial charge on any atom is 0.417 e. The number of imide groups is 1. The highest BCUT2D eigenvalue weighted by Gasteiger charge is 2.36. The van der Waals surface area contributed by atoms with Gasteiger partial charge in [-0.25, -0.2) is 19.7 Å². The first-order chi connectivity index (χ1) is 26.4. The van der Waals surface area contributed by atoms with Crippen LogP contribution < -0.4 is 11.1 Å². The number of anilines is 2. The monoisotopic (exact) mass is 770 g/mol. The van der Waals surface area contributed by atoms with Gasteiger partial charge in [0, 0.05) is 81.4 Å². The highest BCUT2D eigenvalue weighted by Crippen LogP contribution is 2.35. The molecule has 0 bridgehead atoms. The number of aromatic nitrogens is 3. The number of amides is 3. The van der Waals surface area contributed by atoms with Crippen LogP contribution in [0.4, 0.5) is 29.6 Å². The number of nitrogens with zero attached hydrogens (tertiary/aromatic N) is 6. The number of hydrogen-bond acceptors (Lipinski definition) is 9. The molecule has 2 aromatic heterocycles. The van der Waals surface area contributed by atoms with Gasteiger partial charge in [-0.1, -0.05) is 30.9 Å². The molecule has 1 fully saturated rings. The second kappa shape index (κ2) is 15.8. The maximum absolute atomic E-state index is 14.2. The molecule has 0 spiro atoms. The highest BCUT2D eigenvalue weighted by molar-refractivity contribution is 6.06. The minimum atomic E-state index is -4.60. The summed E-state index contributed by atoms with van der Waals surface area (Å²) in [6.45, 7) is 13.3. The third-order valence-corrected chi connectivity index (χ3v) is 9.88. The lowest BCUT2D eigenvalue weighted by Crippen LogP contribution is -2.45. The Morgan fingerprint density at radius 2 is 1.66 bits per heavy atom. The van der Waals surface area contributed by atoms with Crippen LogP contribution in [-0.2, 0) is 30.9 Å². The van der Waals surface area contributed by atoms with E-state index < -0.39 is 35.2 Å². The number of fused-ring (bicyclic) bond motifs is 1. The third-order valence-electron chi connectivity index (χ3n) is 9.88. The number of piperazine rings is 1. The van der Waals surface area contributed by atoms with Gasteiger partial charge < -0.3 is 25.3 Å². The average molecular weight is 771 g/mol. The molecule has 4 heterocycles. The Morgan fingerprint density at radius 1 is 0.964 bits per heavy atom. The number of nitrogens with two attached hydrogens (primary N) is 1. The van der Waals surface area contributed by atoms with Crippen molar-refractivity contribution in [2.45, 2.75) is 59.4 Å². The lowest BCUT2D eigenvalue weighted by atomic mass is 10.0. The number of halogens is 3. The Bertz CT molecular complexity index is 2240.